The molecule has 0 fully saturated rings. The number of furan rings is 1. The van der Waals surface area contributed by atoms with Crippen LogP contribution in [0.3, 0.4) is 0 Å². The molecule has 1 atom stereocenters. The Morgan fingerprint density at radius 3 is 2.69 bits per heavy atom. The first-order valence-electron chi connectivity index (χ1n) is 7.53. The van der Waals surface area contributed by atoms with Crippen LogP contribution in [0.15, 0.2) is 40.8 Å². The van der Waals surface area contributed by atoms with Gasteiger partial charge in [-0.2, -0.15) is 0 Å². The molecule has 9 heteroatoms. The Kier molecular flexibility index (Phi) is 4.99. The zero-order chi connectivity index (χ0) is 18.7. The first kappa shape index (κ1) is 17.6. The van der Waals surface area contributed by atoms with E-state index in [2.05, 4.69) is 9.72 Å². The van der Waals surface area contributed by atoms with Gasteiger partial charge in [0, 0.05) is 0 Å². The number of benzene rings is 1. The molecule has 0 saturated heterocycles. The minimum absolute atomic E-state index is 0.0722. The third kappa shape index (κ3) is 3.72. The summed E-state index contributed by atoms with van der Waals surface area (Å²) < 4.78 is 15.8. The first-order valence-corrected chi connectivity index (χ1v) is 8.35. The number of esters is 1. The van der Waals surface area contributed by atoms with E-state index in [-0.39, 0.29) is 5.76 Å². The molecule has 0 spiro atoms. The highest BCUT2D eigenvalue weighted by Gasteiger charge is 2.23. The number of nitrogens with one attached hydrogen (secondary N) is 1. The normalized spacial score (nSPS) is 11.8. The summed E-state index contributed by atoms with van der Waals surface area (Å²) in [6.45, 7) is 1.33. The SMILES string of the molecule is COC(=O)NC(=O)[C@@H](C)OC(=O)c1ccc(-c2nc3ccccc3s2)o1. The minimum Gasteiger partial charge on any atom is -0.453 e. The quantitative estimate of drug-likeness (QED) is 0.699. The average molecular weight is 374 g/mol. The number of para-hydroxylation sites is 1. The lowest BCUT2D eigenvalue weighted by Crippen LogP contribution is -2.39. The predicted molar refractivity (Wildman–Crippen MR) is 92.7 cm³/mol. The number of aromatic nitrogens is 1. The molecule has 2 heterocycles. The lowest BCUT2D eigenvalue weighted by Gasteiger charge is -2.11. The van der Waals surface area contributed by atoms with E-state index in [9.17, 15) is 14.4 Å². The zero-order valence-corrected chi connectivity index (χ0v) is 14.7. The summed E-state index contributed by atoms with van der Waals surface area (Å²) in [6, 6.07) is 10.7. The monoisotopic (exact) mass is 374 g/mol. The molecular weight excluding hydrogens is 360 g/mol. The van der Waals surface area contributed by atoms with E-state index in [4.69, 9.17) is 9.15 Å². The fourth-order valence-corrected chi connectivity index (χ4v) is 2.99. The minimum atomic E-state index is -1.20. The summed E-state index contributed by atoms with van der Waals surface area (Å²) in [4.78, 5) is 39.2. The first-order chi connectivity index (χ1) is 12.5. The van der Waals surface area contributed by atoms with E-state index >= 15 is 0 Å². The van der Waals surface area contributed by atoms with Gasteiger partial charge in [-0.15, -0.1) is 11.3 Å². The summed E-state index contributed by atoms with van der Waals surface area (Å²) in [5.41, 5.74) is 0.834. The van der Waals surface area contributed by atoms with E-state index in [1.54, 1.807) is 6.07 Å². The van der Waals surface area contributed by atoms with Crippen LogP contribution < -0.4 is 5.32 Å². The summed E-state index contributed by atoms with van der Waals surface area (Å²) >= 11 is 1.43. The highest BCUT2D eigenvalue weighted by molar-refractivity contribution is 7.21. The van der Waals surface area contributed by atoms with Crippen molar-refractivity contribution < 1.29 is 28.3 Å². The molecule has 0 aliphatic rings. The Labute approximate surface area is 151 Å². The lowest BCUT2D eigenvalue weighted by atomic mass is 10.3. The molecule has 1 aromatic carbocycles. The van der Waals surface area contributed by atoms with Crippen molar-refractivity contribution in [3.8, 4) is 10.8 Å². The molecule has 0 radical (unpaired) electrons. The topological polar surface area (TPSA) is 108 Å². The summed E-state index contributed by atoms with van der Waals surface area (Å²) in [6.07, 6.45) is -2.13. The van der Waals surface area contributed by atoms with Gasteiger partial charge in [-0.25, -0.2) is 14.6 Å². The van der Waals surface area contributed by atoms with E-state index in [1.807, 2.05) is 29.6 Å². The zero-order valence-electron chi connectivity index (χ0n) is 13.8. The Balaban J connectivity index is 1.69. The lowest BCUT2D eigenvalue weighted by molar-refractivity contribution is -0.128. The van der Waals surface area contributed by atoms with Crippen LogP contribution in [-0.2, 0) is 14.3 Å². The average Bonchev–Trinajstić information content (AvgIpc) is 3.27. The number of rotatable bonds is 4. The van der Waals surface area contributed by atoms with Crippen LogP contribution in [0.2, 0.25) is 0 Å². The molecule has 2 aromatic heterocycles. The molecule has 26 heavy (non-hydrogen) atoms. The number of amides is 2. The standard InChI is InChI=1S/C17H14N2O6S/c1-9(14(20)19-17(22)23-2)24-16(21)12-8-7-11(25-12)15-18-10-5-3-4-6-13(10)26-15/h3-9H,1-2H3,(H,19,20,22)/t9-/m1/s1. The molecule has 134 valence electrons. The molecule has 0 bridgehead atoms. The van der Waals surface area contributed by atoms with Gasteiger partial charge in [0.05, 0.1) is 17.3 Å². The number of hydrogen-bond donors (Lipinski definition) is 1. The van der Waals surface area contributed by atoms with Crippen molar-refractivity contribution >= 4 is 39.5 Å². The molecule has 1 N–H and O–H groups in total. The molecule has 8 nitrogen and oxygen atoms in total. The Morgan fingerprint density at radius 2 is 1.96 bits per heavy atom. The summed E-state index contributed by atoms with van der Waals surface area (Å²) in [5.74, 6) is -1.28. The van der Waals surface area contributed by atoms with Gasteiger partial charge in [0.15, 0.2) is 16.9 Å². The number of alkyl carbamates (subject to hydrolysis) is 1. The maximum atomic E-state index is 12.1. The van der Waals surface area contributed by atoms with Gasteiger partial charge in [0.25, 0.3) is 5.91 Å². The van der Waals surface area contributed by atoms with E-state index in [0.717, 1.165) is 17.3 Å². The second-order valence-corrected chi connectivity index (χ2v) is 6.21. The number of carbonyl (C=O) groups excluding carboxylic acids is 3. The maximum Gasteiger partial charge on any atom is 0.413 e. The van der Waals surface area contributed by atoms with Gasteiger partial charge in [-0.1, -0.05) is 12.1 Å². The van der Waals surface area contributed by atoms with Crippen LogP contribution in [-0.4, -0.2) is 36.2 Å². The largest absolute Gasteiger partial charge is 0.453 e. The third-order valence-electron chi connectivity index (χ3n) is 3.38. The number of hydrogen-bond acceptors (Lipinski definition) is 8. The second-order valence-electron chi connectivity index (χ2n) is 5.18. The highest BCUT2D eigenvalue weighted by Crippen LogP contribution is 2.31. The number of nitrogens with zero attached hydrogens (tertiary/aromatic N) is 1. The van der Waals surface area contributed by atoms with Crippen molar-refractivity contribution in [1.82, 2.24) is 10.3 Å². The molecule has 0 aliphatic carbocycles. The molecule has 0 saturated carbocycles. The third-order valence-corrected chi connectivity index (χ3v) is 4.43. The van der Waals surface area contributed by atoms with Crippen molar-refractivity contribution in [3.05, 3.63) is 42.2 Å². The smallest absolute Gasteiger partial charge is 0.413 e. The van der Waals surface area contributed by atoms with Crippen molar-refractivity contribution in [3.63, 3.8) is 0 Å². The van der Waals surface area contributed by atoms with Crippen molar-refractivity contribution in [2.75, 3.05) is 7.11 Å². The van der Waals surface area contributed by atoms with Gasteiger partial charge >= 0.3 is 12.1 Å². The van der Waals surface area contributed by atoms with Crippen LogP contribution in [0, 0.1) is 0 Å². The predicted octanol–water partition coefficient (Wildman–Crippen LogP) is 2.98. The fraction of sp³-hybridized carbons (Fsp3) is 0.176. The second kappa shape index (κ2) is 7.36. The van der Waals surface area contributed by atoms with E-state index in [0.29, 0.717) is 10.8 Å². The molecule has 0 unspecified atom stereocenters. The Hall–Kier alpha value is -3.20. The number of imide groups is 1. The van der Waals surface area contributed by atoms with Gasteiger partial charge < -0.3 is 13.9 Å². The number of carbonyl (C=O) groups is 3. The number of ether oxygens (including phenoxy) is 2. The van der Waals surface area contributed by atoms with Gasteiger partial charge in [-0.05, 0) is 31.2 Å². The van der Waals surface area contributed by atoms with Crippen LogP contribution in [0.5, 0.6) is 0 Å². The Morgan fingerprint density at radius 1 is 1.19 bits per heavy atom. The number of thiazole rings is 1. The van der Waals surface area contributed by atoms with E-state index < -0.39 is 24.1 Å². The Bertz CT molecular complexity index is 943. The molecule has 0 aliphatic heterocycles. The van der Waals surface area contributed by atoms with Crippen LogP contribution in [0.25, 0.3) is 21.0 Å². The highest BCUT2D eigenvalue weighted by atomic mass is 32.1. The van der Waals surface area contributed by atoms with Crippen LogP contribution in [0.4, 0.5) is 4.79 Å². The molecule has 3 rings (SSSR count). The van der Waals surface area contributed by atoms with Gasteiger partial charge in [0.1, 0.15) is 0 Å². The van der Waals surface area contributed by atoms with Crippen molar-refractivity contribution in [2.24, 2.45) is 0 Å². The van der Waals surface area contributed by atoms with E-state index in [1.165, 1.54) is 24.3 Å². The summed E-state index contributed by atoms with van der Waals surface area (Å²) in [5, 5.41) is 2.54. The number of fused-ring (bicyclic) bond motifs is 1. The van der Waals surface area contributed by atoms with Crippen LogP contribution in [0.1, 0.15) is 17.5 Å². The van der Waals surface area contributed by atoms with Crippen LogP contribution >= 0.6 is 11.3 Å². The van der Waals surface area contributed by atoms with Gasteiger partial charge in [-0.3, -0.25) is 10.1 Å². The van der Waals surface area contributed by atoms with Gasteiger partial charge in [0.2, 0.25) is 5.76 Å². The molecule has 3 aromatic rings. The van der Waals surface area contributed by atoms with Crippen molar-refractivity contribution in [2.45, 2.75) is 13.0 Å². The maximum absolute atomic E-state index is 12.1. The molecule has 2 amide bonds. The summed E-state index contributed by atoms with van der Waals surface area (Å²) in [7, 11) is 1.12. The number of methoxy groups -OCH3 is 1. The molecular formula is C17H14N2O6S. The fourth-order valence-electron chi connectivity index (χ4n) is 2.07. The van der Waals surface area contributed by atoms with Crippen molar-refractivity contribution in [1.29, 1.82) is 0 Å².